The Hall–Kier alpha value is -1.52. The molecule has 1 heterocycles. The average Bonchev–Trinajstić information content (AvgIpc) is 2.47. The van der Waals surface area contributed by atoms with Crippen molar-refractivity contribution in [2.75, 3.05) is 6.26 Å². The van der Waals surface area contributed by atoms with Crippen molar-refractivity contribution < 1.29 is 4.74 Å². The standard InChI is InChI=1S/C17H22N2OS/c1-12(2)18-11-14-9-10-17(19-13(14)3)20-15-7-5-6-8-16(15)21-4/h5-10,12,18H,11H2,1-4H3. The van der Waals surface area contributed by atoms with Crippen molar-refractivity contribution in [1.82, 2.24) is 10.3 Å². The second-order valence-electron chi connectivity index (χ2n) is 5.18. The SMILES string of the molecule is CSc1ccccc1Oc1ccc(CNC(C)C)c(C)n1. The second kappa shape index (κ2) is 7.48. The molecule has 0 unspecified atom stereocenters. The molecule has 3 nitrogen and oxygen atoms in total. The van der Waals surface area contributed by atoms with Crippen molar-refractivity contribution in [2.45, 2.75) is 38.3 Å². The van der Waals surface area contributed by atoms with Crippen LogP contribution >= 0.6 is 11.8 Å². The summed E-state index contributed by atoms with van der Waals surface area (Å²) in [7, 11) is 0. The summed E-state index contributed by atoms with van der Waals surface area (Å²) >= 11 is 1.67. The minimum atomic E-state index is 0.466. The summed E-state index contributed by atoms with van der Waals surface area (Å²) in [5, 5.41) is 3.41. The summed E-state index contributed by atoms with van der Waals surface area (Å²) in [6, 6.07) is 12.5. The Balaban J connectivity index is 2.13. The monoisotopic (exact) mass is 302 g/mol. The second-order valence-corrected chi connectivity index (χ2v) is 6.03. The molecular weight excluding hydrogens is 280 g/mol. The number of thioether (sulfide) groups is 1. The van der Waals surface area contributed by atoms with Crippen LogP contribution in [0.3, 0.4) is 0 Å². The fourth-order valence-corrected chi connectivity index (χ4v) is 2.47. The highest BCUT2D eigenvalue weighted by atomic mass is 32.2. The van der Waals surface area contributed by atoms with Gasteiger partial charge in [0.25, 0.3) is 0 Å². The van der Waals surface area contributed by atoms with E-state index in [4.69, 9.17) is 4.74 Å². The lowest BCUT2D eigenvalue weighted by Gasteiger charge is -2.12. The third-order valence-corrected chi connectivity index (χ3v) is 3.93. The van der Waals surface area contributed by atoms with Gasteiger partial charge < -0.3 is 10.1 Å². The number of nitrogens with one attached hydrogen (secondary N) is 1. The minimum Gasteiger partial charge on any atom is -0.438 e. The largest absolute Gasteiger partial charge is 0.438 e. The van der Waals surface area contributed by atoms with E-state index in [1.165, 1.54) is 5.56 Å². The first-order valence-corrected chi connectivity index (χ1v) is 8.33. The van der Waals surface area contributed by atoms with Gasteiger partial charge in [0.2, 0.25) is 5.88 Å². The van der Waals surface area contributed by atoms with Crippen LogP contribution in [0.2, 0.25) is 0 Å². The van der Waals surface area contributed by atoms with Crippen LogP contribution in [0, 0.1) is 6.92 Å². The maximum atomic E-state index is 5.91. The van der Waals surface area contributed by atoms with Crippen LogP contribution in [-0.2, 0) is 6.54 Å². The molecule has 1 N–H and O–H groups in total. The molecule has 2 aromatic rings. The Morgan fingerprint density at radius 1 is 1.19 bits per heavy atom. The zero-order chi connectivity index (χ0) is 15.2. The molecule has 0 amide bonds. The lowest BCUT2D eigenvalue weighted by Crippen LogP contribution is -2.22. The highest BCUT2D eigenvalue weighted by Gasteiger charge is 2.07. The molecule has 0 atom stereocenters. The molecule has 0 fully saturated rings. The van der Waals surface area contributed by atoms with Gasteiger partial charge in [0.1, 0.15) is 5.75 Å². The normalized spacial score (nSPS) is 10.9. The molecule has 21 heavy (non-hydrogen) atoms. The third-order valence-electron chi connectivity index (χ3n) is 3.15. The van der Waals surface area contributed by atoms with E-state index >= 15 is 0 Å². The van der Waals surface area contributed by atoms with E-state index in [1.54, 1.807) is 11.8 Å². The van der Waals surface area contributed by atoms with Gasteiger partial charge in [-0.05, 0) is 30.9 Å². The smallest absolute Gasteiger partial charge is 0.219 e. The van der Waals surface area contributed by atoms with Crippen molar-refractivity contribution in [1.29, 1.82) is 0 Å². The molecule has 2 rings (SSSR count). The predicted molar refractivity (Wildman–Crippen MR) is 89.2 cm³/mol. The summed E-state index contributed by atoms with van der Waals surface area (Å²) < 4.78 is 5.91. The summed E-state index contributed by atoms with van der Waals surface area (Å²) in [4.78, 5) is 5.66. The molecule has 112 valence electrons. The van der Waals surface area contributed by atoms with Crippen molar-refractivity contribution in [2.24, 2.45) is 0 Å². The van der Waals surface area contributed by atoms with Gasteiger partial charge in [-0.1, -0.05) is 32.0 Å². The summed E-state index contributed by atoms with van der Waals surface area (Å²) in [5.74, 6) is 1.49. The van der Waals surface area contributed by atoms with Gasteiger partial charge in [-0.25, -0.2) is 4.98 Å². The Kier molecular flexibility index (Phi) is 5.65. The van der Waals surface area contributed by atoms with Crippen molar-refractivity contribution >= 4 is 11.8 Å². The number of aryl methyl sites for hydroxylation is 1. The Morgan fingerprint density at radius 3 is 2.62 bits per heavy atom. The van der Waals surface area contributed by atoms with Gasteiger partial charge in [0.15, 0.2) is 0 Å². The Labute approximate surface area is 131 Å². The average molecular weight is 302 g/mol. The number of hydrogen-bond donors (Lipinski definition) is 1. The van der Waals surface area contributed by atoms with E-state index < -0.39 is 0 Å². The maximum absolute atomic E-state index is 5.91. The van der Waals surface area contributed by atoms with E-state index in [0.29, 0.717) is 11.9 Å². The molecule has 0 radical (unpaired) electrons. The van der Waals surface area contributed by atoms with Gasteiger partial charge in [-0.2, -0.15) is 0 Å². The number of aromatic nitrogens is 1. The molecule has 0 saturated heterocycles. The van der Waals surface area contributed by atoms with Crippen LogP contribution in [0.5, 0.6) is 11.6 Å². The highest BCUT2D eigenvalue weighted by Crippen LogP contribution is 2.30. The first-order chi connectivity index (χ1) is 10.1. The van der Waals surface area contributed by atoms with Crippen LogP contribution in [0.4, 0.5) is 0 Å². The lowest BCUT2D eigenvalue weighted by atomic mass is 10.2. The lowest BCUT2D eigenvalue weighted by molar-refractivity contribution is 0.450. The molecule has 0 aliphatic carbocycles. The molecule has 0 saturated carbocycles. The fourth-order valence-electron chi connectivity index (χ4n) is 1.94. The van der Waals surface area contributed by atoms with Crippen LogP contribution < -0.4 is 10.1 Å². The Bertz CT molecular complexity index is 599. The number of nitrogens with zero attached hydrogens (tertiary/aromatic N) is 1. The first kappa shape index (κ1) is 15.9. The fraction of sp³-hybridized carbons (Fsp3) is 0.353. The number of pyridine rings is 1. The zero-order valence-corrected chi connectivity index (χ0v) is 13.8. The Morgan fingerprint density at radius 2 is 1.95 bits per heavy atom. The van der Waals surface area contributed by atoms with Gasteiger partial charge >= 0.3 is 0 Å². The van der Waals surface area contributed by atoms with Crippen molar-refractivity contribution in [3.63, 3.8) is 0 Å². The highest BCUT2D eigenvalue weighted by molar-refractivity contribution is 7.98. The van der Waals surface area contributed by atoms with E-state index in [9.17, 15) is 0 Å². The van der Waals surface area contributed by atoms with Crippen molar-refractivity contribution in [3.8, 4) is 11.6 Å². The van der Waals surface area contributed by atoms with E-state index in [-0.39, 0.29) is 0 Å². The summed E-state index contributed by atoms with van der Waals surface area (Å²) in [6.45, 7) is 7.13. The number of benzene rings is 1. The van der Waals surface area contributed by atoms with Gasteiger partial charge in [-0.15, -0.1) is 11.8 Å². The predicted octanol–water partition coefficient (Wildman–Crippen LogP) is 4.40. The number of ether oxygens (including phenoxy) is 1. The summed E-state index contributed by atoms with van der Waals surface area (Å²) in [5.41, 5.74) is 2.21. The number of hydrogen-bond acceptors (Lipinski definition) is 4. The molecule has 4 heteroatoms. The van der Waals surface area contributed by atoms with E-state index in [2.05, 4.69) is 30.2 Å². The van der Waals surface area contributed by atoms with E-state index in [0.717, 1.165) is 22.9 Å². The molecule has 0 bridgehead atoms. The quantitative estimate of drug-likeness (QED) is 0.802. The van der Waals surface area contributed by atoms with Crippen molar-refractivity contribution in [3.05, 3.63) is 47.7 Å². The van der Waals surface area contributed by atoms with Gasteiger partial charge in [0.05, 0.1) is 0 Å². The maximum Gasteiger partial charge on any atom is 0.219 e. The van der Waals surface area contributed by atoms with Crippen LogP contribution in [0.1, 0.15) is 25.1 Å². The van der Waals surface area contributed by atoms with Crippen LogP contribution in [-0.4, -0.2) is 17.3 Å². The van der Waals surface area contributed by atoms with Gasteiger partial charge in [0, 0.05) is 29.2 Å². The number of rotatable bonds is 6. The molecule has 0 aliphatic heterocycles. The molecule has 1 aromatic heterocycles. The number of para-hydroxylation sites is 1. The third kappa shape index (κ3) is 4.48. The first-order valence-electron chi connectivity index (χ1n) is 7.11. The summed E-state index contributed by atoms with van der Waals surface area (Å²) in [6.07, 6.45) is 2.04. The molecule has 0 spiro atoms. The topological polar surface area (TPSA) is 34.1 Å². The van der Waals surface area contributed by atoms with Gasteiger partial charge in [-0.3, -0.25) is 0 Å². The van der Waals surface area contributed by atoms with E-state index in [1.807, 2.05) is 43.5 Å². The van der Waals surface area contributed by atoms with Crippen LogP contribution in [0.25, 0.3) is 0 Å². The molecule has 1 aromatic carbocycles. The molecule has 0 aliphatic rings. The minimum absolute atomic E-state index is 0.466. The zero-order valence-electron chi connectivity index (χ0n) is 13.0. The molecular formula is C17H22N2OS. The van der Waals surface area contributed by atoms with Crippen LogP contribution in [0.15, 0.2) is 41.3 Å².